The van der Waals surface area contributed by atoms with Crippen LogP contribution in [0.25, 0.3) is 0 Å². The molecule has 1 aromatic rings. The molecule has 0 spiro atoms. The van der Waals surface area contributed by atoms with Crippen LogP contribution < -0.4 is 0 Å². The van der Waals surface area contributed by atoms with Gasteiger partial charge in [0.2, 0.25) is 0 Å². The molecular weight excluding hydrogens is 390 g/mol. The summed E-state index contributed by atoms with van der Waals surface area (Å²) in [4.78, 5) is 9.00. The predicted molar refractivity (Wildman–Crippen MR) is 62.4 cm³/mol. The van der Waals surface area contributed by atoms with Gasteiger partial charge in [-0.15, -0.1) is 0 Å². The van der Waals surface area contributed by atoms with Crippen molar-refractivity contribution in [1.82, 2.24) is 4.57 Å². The van der Waals surface area contributed by atoms with E-state index in [0.717, 1.165) is 13.0 Å². The van der Waals surface area contributed by atoms with Crippen molar-refractivity contribution in [2.45, 2.75) is 26.0 Å². The molecule has 1 rings (SSSR count). The number of hydrogen-bond donors (Lipinski definition) is 2. The molecule has 0 saturated heterocycles. The fourth-order valence-electron chi connectivity index (χ4n) is 1.38. The Morgan fingerprint density at radius 1 is 1.27 bits per heavy atom. The molecule has 0 aliphatic heterocycles. The van der Waals surface area contributed by atoms with Crippen molar-refractivity contribution in [3.63, 3.8) is 0 Å². The molecule has 1 heterocycles. The quantitative estimate of drug-likeness (QED) is 0.713. The largest absolute Gasteiger partial charge is 0.481 e. The first-order valence-corrected chi connectivity index (χ1v) is 5.85. The second-order valence-electron chi connectivity index (χ2n) is 3.58. The number of halogens is 7. The van der Waals surface area contributed by atoms with E-state index >= 15 is 0 Å². The van der Waals surface area contributed by atoms with Gasteiger partial charge in [0.25, 0.3) is 5.97 Å². The molecule has 0 amide bonds. The Bertz CT molecular complexity index is 596. The lowest BCUT2D eigenvalue weighted by atomic mass is 10.2. The van der Waals surface area contributed by atoms with Crippen molar-refractivity contribution in [1.29, 1.82) is 5.26 Å². The number of rotatable bonds is 1. The van der Waals surface area contributed by atoms with Crippen molar-refractivity contribution >= 4 is 21.9 Å². The Hall–Kier alpha value is -1.74. The summed E-state index contributed by atoms with van der Waals surface area (Å²) in [5.74, 6) is -0.833. The van der Waals surface area contributed by atoms with Gasteiger partial charge in [-0.1, -0.05) is 0 Å². The molecule has 1 aromatic heterocycles. The Morgan fingerprint density at radius 3 is 1.91 bits per heavy atom. The summed E-state index contributed by atoms with van der Waals surface area (Å²) in [7, 11) is 0. The van der Waals surface area contributed by atoms with Gasteiger partial charge in [0.15, 0.2) is 0 Å². The van der Waals surface area contributed by atoms with Gasteiger partial charge < -0.3 is 14.8 Å². The average Bonchev–Trinajstić information content (AvgIpc) is 2.59. The molecule has 12 heteroatoms. The minimum Gasteiger partial charge on any atom is -0.481 e. The maximum atomic E-state index is 12.6. The summed E-state index contributed by atoms with van der Waals surface area (Å²) in [5.41, 5.74) is -4.82. The smallest absolute Gasteiger partial charge is 0.432 e. The number of aliphatic carboxylic acids is 1. The van der Waals surface area contributed by atoms with Gasteiger partial charge in [0, 0.05) is 6.92 Å². The van der Waals surface area contributed by atoms with Crippen LogP contribution in [0.15, 0.2) is 4.47 Å². The van der Waals surface area contributed by atoms with Gasteiger partial charge in [0.05, 0.1) is 4.47 Å². The van der Waals surface area contributed by atoms with Crippen LogP contribution in [0.1, 0.15) is 23.9 Å². The normalized spacial score (nSPS) is 11.5. The summed E-state index contributed by atoms with van der Waals surface area (Å²) in [5, 5.41) is 24.7. The van der Waals surface area contributed by atoms with E-state index in [4.69, 9.17) is 20.3 Å². The zero-order valence-corrected chi connectivity index (χ0v) is 12.1. The van der Waals surface area contributed by atoms with Crippen LogP contribution in [0.3, 0.4) is 0 Å². The molecule has 0 bridgehead atoms. The van der Waals surface area contributed by atoms with E-state index in [1.807, 2.05) is 0 Å². The number of carboxylic acid groups (broad SMARTS) is 1. The molecular formula is C10H7BrF6N2O3. The minimum atomic E-state index is -5.15. The molecule has 0 aromatic carbocycles. The Labute approximate surface area is 127 Å². The topological polar surface area (TPSA) is 86.2 Å². The van der Waals surface area contributed by atoms with Crippen LogP contribution in [0.4, 0.5) is 26.3 Å². The molecule has 0 atom stereocenters. The third-order valence-corrected chi connectivity index (χ3v) is 2.78. The van der Waals surface area contributed by atoms with Gasteiger partial charge in [0.1, 0.15) is 29.8 Å². The number of aliphatic hydroxyl groups excluding tert-OH is 1. The highest BCUT2D eigenvalue weighted by Crippen LogP contribution is 2.45. The number of aromatic nitrogens is 1. The Morgan fingerprint density at radius 2 is 1.68 bits per heavy atom. The molecule has 2 N–H and O–H groups in total. The van der Waals surface area contributed by atoms with Gasteiger partial charge in [-0.25, -0.2) is 0 Å². The molecule has 0 radical (unpaired) electrons. The number of nitrogens with zero attached hydrogens (tertiary/aromatic N) is 2. The summed E-state index contributed by atoms with van der Waals surface area (Å²) >= 11 is 2.18. The first kappa shape index (κ1) is 20.3. The summed E-state index contributed by atoms with van der Waals surface area (Å²) in [6, 6.07) is 1.01. The Balaban J connectivity index is 0.000000980. The molecule has 0 fully saturated rings. The molecule has 5 nitrogen and oxygen atoms in total. The number of aliphatic hydroxyl groups is 1. The van der Waals surface area contributed by atoms with Crippen molar-refractivity contribution < 1.29 is 41.4 Å². The average molecular weight is 397 g/mol. The zero-order chi connectivity index (χ0) is 17.9. The van der Waals surface area contributed by atoms with Crippen LogP contribution >= 0.6 is 15.9 Å². The number of carboxylic acids is 1. The van der Waals surface area contributed by atoms with Crippen LogP contribution in [0.2, 0.25) is 0 Å². The predicted octanol–water partition coefficient (Wildman–Crippen LogP) is 3.20. The zero-order valence-electron chi connectivity index (χ0n) is 10.5. The van der Waals surface area contributed by atoms with E-state index in [1.54, 1.807) is 0 Å². The van der Waals surface area contributed by atoms with E-state index in [2.05, 4.69) is 15.9 Å². The summed E-state index contributed by atoms with van der Waals surface area (Å²) < 4.78 is 74.0. The molecule has 0 aliphatic rings. The van der Waals surface area contributed by atoms with Crippen molar-refractivity contribution in [2.75, 3.05) is 0 Å². The van der Waals surface area contributed by atoms with E-state index < -0.39 is 46.5 Å². The first-order valence-electron chi connectivity index (χ1n) is 5.05. The first-order chi connectivity index (χ1) is 9.78. The number of hydrogen-bond acceptors (Lipinski definition) is 3. The van der Waals surface area contributed by atoms with Crippen LogP contribution in [-0.4, -0.2) is 20.7 Å². The number of carbonyl (C=O) groups is 1. The SMILES string of the molecule is CC(=O)O.N#Cc1c(C(F)(F)F)c(Br)c(C(F)(F)F)n1CO. The molecule has 0 saturated carbocycles. The van der Waals surface area contributed by atoms with E-state index in [0.29, 0.717) is 0 Å². The van der Waals surface area contributed by atoms with Gasteiger partial charge >= 0.3 is 12.4 Å². The lowest BCUT2D eigenvalue weighted by Gasteiger charge is -2.10. The fraction of sp³-hybridized carbons (Fsp3) is 0.400. The van der Waals surface area contributed by atoms with Crippen molar-refractivity contribution in [2.24, 2.45) is 0 Å². The van der Waals surface area contributed by atoms with Crippen LogP contribution in [-0.2, 0) is 23.9 Å². The van der Waals surface area contributed by atoms with Gasteiger partial charge in [-0.3, -0.25) is 4.79 Å². The highest BCUT2D eigenvalue weighted by Gasteiger charge is 2.47. The molecule has 22 heavy (non-hydrogen) atoms. The summed E-state index contributed by atoms with van der Waals surface area (Å²) in [6.07, 6.45) is -10.3. The monoisotopic (exact) mass is 396 g/mol. The second-order valence-corrected chi connectivity index (χ2v) is 4.37. The third kappa shape index (κ3) is 4.63. The fourth-order valence-corrected chi connectivity index (χ4v) is 2.23. The Kier molecular flexibility index (Phi) is 6.46. The van der Waals surface area contributed by atoms with Crippen molar-refractivity contribution in [3.8, 4) is 6.07 Å². The van der Waals surface area contributed by atoms with E-state index in [1.165, 1.54) is 0 Å². The maximum Gasteiger partial charge on any atom is 0.432 e. The van der Waals surface area contributed by atoms with E-state index in [9.17, 15) is 26.3 Å². The van der Waals surface area contributed by atoms with Gasteiger partial charge in [-0.2, -0.15) is 31.6 Å². The third-order valence-electron chi connectivity index (χ3n) is 2.00. The summed E-state index contributed by atoms with van der Waals surface area (Å²) in [6.45, 7) is -0.313. The lowest BCUT2D eigenvalue weighted by Crippen LogP contribution is -2.15. The van der Waals surface area contributed by atoms with Crippen LogP contribution in [0.5, 0.6) is 0 Å². The number of nitriles is 1. The van der Waals surface area contributed by atoms with Crippen molar-refractivity contribution in [3.05, 3.63) is 21.4 Å². The highest BCUT2D eigenvalue weighted by molar-refractivity contribution is 9.10. The van der Waals surface area contributed by atoms with Gasteiger partial charge in [-0.05, 0) is 15.9 Å². The minimum absolute atomic E-state index is 0.146. The number of alkyl halides is 6. The molecule has 0 aliphatic carbocycles. The second kappa shape index (κ2) is 7.01. The molecule has 124 valence electrons. The van der Waals surface area contributed by atoms with E-state index in [-0.39, 0.29) is 4.57 Å². The molecule has 0 unspecified atom stereocenters. The lowest BCUT2D eigenvalue weighted by molar-refractivity contribution is -0.146. The highest BCUT2D eigenvalue weighted by atomic mass is 79.9. The van der Waals surface area contributed by atoms with Crippen LogP contribution in [0, 0.1) is 11.3 Å². The maximum absolute atomic E-state index is 12.6. The standard InChI is InChI=1S/C8H3BrF6N2O.C2H4O2/c9-5-4(7(10,11)12)3(1-16)17(2-18)6(5)8(13,14)15;1-2(3)4/h18H,2H2;1H3,(H,3,4).